The van der Waals surface area contributed by atoms with Gasteiger partial charge in [-0.3, -0.25) is 0 Å². The fourth-order valence-corrected chi connectivity index (χ4v) is 1.43. The Morgan fingerprint density at radius 3 is 2.62 bits per heavy atom. The van der Waals surface area contributed by atoms with Gasteiger partial charge in [-0.1, -0.05) is 12.1 Å². The van der Waals surface area contributed by atoms with Gasteiger partial charge in [0.15, 0.2) is 0 Å². The maximum atomic E-state index is 10.0. The van der Waals surface area contributed by atoms with Crippen molar-refractivity contribution >= 4 is 18.0 Å². The van der Waals surface area contributed by atoms with Crippen molar-refractivity contribution in [1.29, 1.82) is 0 Å². The highest BCUT2D eigenvalue weighted by Gasteiger charge is 1.92. The molecule has 0 aromatic heterocycles. The highest BCUT2D eigenvalue weighted by Crippen LogP contribution is 2.14. The van der Waals surface area contributed by atoms with Crippen LogP contribution in [-0.2, 0) is 11.3 Å². The third-order valence-electron chi connectivity index (χ3n) is 1.72. The average Bonchev–Trinajstić information content (AvgIpc) is 2.19. The Balaban J connectivity index is 2.44. The zero-order valence-electron chi connectivity index (χ0n) is 7.62. The van der Waals surface area contributed by atoms with Crippen LogP contribution < -0.4 is 5.32 Å². The second-order valence-corrected chi connectivity index (χ2v) is 3.53. The molecular weight excluding hydrogens is 182 g/mol. The largest absolute Gasteiger partial charge is 0.306 e. The van der Waals surface area contributed by atoms with Crippen molar-refractivity contribution in [3.8, 4) is 0 Å². The molecule has 0 aliphatic rings. The fourth-order valence-electron chi connectivity index (χ4n) is 1.02. The molecule has 0 unspecified atom stereocenters. The second-order valence-electron chi connectivity index (χ2n) is 2.65. The van der Waals surface area contributed by atoms with Gasteiger partial charge in [0.1, 0.15) is 6.29 Å². The standard InChI is InChI=1S/C10H13NOS/c1-13-10-4-2-9(3-5-10)8-11-6-7-12/h2-5,7,11H,6,8H2,1H3. The number of hydrogen-bond acceptors (Lipinski definition) is 3. The van der Waals surface area contributed by atoms with Crippen LogP contribution >= 0.6 is 11.8 Å². The molecule has 0 aliphatic heterocycles. The summed E-state index contributed by atoms with van der Waals surface area (Å²) >= 11 is 1.73. The van der Waals surface area contributed by atoms with E-state index in [0.29, 0.717) is 6.54 Å². The summed E-state index contributed by atoms with van der Waals surface area (Å²) in [6, 6.07) is 8.32. The summed E-state index contributed by atoms with van der Waals surface area (Å²) in [5.41, 5.74) is 1.21. The molecule has 1 rings (SSSR count). The lowest BCUT2D eigenvalue weighted by atomic mass is 10.2. The van der Waals surface area contributed by atoms with E-state index in [1.54, 1.807) is 11.8 Å². The molecule has 3 heteroatoms. The summed E-state index contributed by atoms with van der Waals surface area (Å²) in [5, 5.41) is 3.01. The van der Waals surface area contributed by atoms with Gasteiger partial charge in [-0.25, -0.2) is 0 Å². The van der Waals surface area contributed by atoms with Gasteiger partial charge in [-0.15, -0.1) is 11.8 Å². The molecule has 0 radical (unpaired) electrons. The lowest BCUT2D eigenvalue weighted by molar-refractivity contribution is -0.107. The number of nitrogens with one attached hydrogen (secondary N) is 1. The van der Waals surface area contributed by atoms with Gasteiger partial charge < -0.3 is 10.1 Å². The molecule has 2 nitrogen and oxygen atoms in total. The number of hydrogen-bond donors (Lipinski definition) is 1. The van der Waals surface area contributed by atoms with Crippen molar-refractivity contribution in [3.63, 3.8) is 0 Å². The number of carbonyl (C=O) groups is 1. The molecule has 0 atom stereocenters. The van der Waals surface area contributed by atoms with Crippen molar-refractivity contribution in [3.05, 3.63) is 29.8 Å². The summed E-state index contributed by atoms with van der Waals surface area (Å²) in [4.78, 5) is 11.3. The molecule has 0 amide bonds. The highest BCUT2D eigenvalue weighted by atomic mass is 32.2. The van der Waals surface area contributed by atoms with Gasteiger partial charge in [0, 0.05) is 11.4 Å². The van der Waals surface area contributed by atoms with E-state index >= 15 is 0 Å². The van der Waals surface area contributed by atoms with Crippen LogP contribution in [0, 0.1) is 0 Å². The first-order chi connectivity index (χ1) is 6.36. The van der Waals surface area contributed by atoms with E-state index in [1.165, 1.54) is 10.5 Å². The fraction of sp³-hybridized carbons (Fsp3) is 0.300. The molecule has 0 bridgehead atoms. The summed E-state index contributed by atoms with van der Waals surface area (Å²) < 4.78 is 0. The predicted molar refractivity (Wildman–Crippen MR) is 56.0 cm³/mol. The topological polar surface area (TPSA) is 29.1 Å². The predicted octanol–water partition coefficient (Wildman–Crippen LogP) is 1.70. The van der Waals surface area contributed by atoms with Crippen LogP contribution in [0.1, 0.15) is 5.56 Å². The van der Waals surface area contributed by atoms with Gasteiger partial charge in [-0.05, 0) is 24.0 Å². The Morgan fingerprint density at radius 2 is 2.08 bits per heavy atom. The van der Waals surface area contributed by atoms with Crippen LogP contribution in [0.25, 0.3) is 0 Å². The van der Waals surface area contributed by atoms with E-state index in [9.17, 15) is 4.79 Å². The molecule has 1 aromatic rings. The summed E-state index contributed by atoms with van der Waals surface area (Å²) in [5.74, 6) is 0. The van der Waals surface area contributed by atoms with E-state index < -0.39 is 0 Å². The summed E-state index contributed by atoms with van der Waals surface area (Å²) in [7, 11) is 0. The molecule has 0 saturated heterocycles. The summed E-state index contributed by atoms with van der Waals surface area (Å²) in [6.07, 6.45) is 2.93. The Kier molecular flexibility index (Phi) is 4.57. The Morgan fingerprint density at radius 1 is 1.38 bits per heavy atom. The smallest absolute Gasteiger partial charge is 0.133 e. The minimum absolute atomic E-state index is 0.421. The minimum atomic E-state index is 0.421. The number of carbonyl (C=O) groups excluding carboxylic acids is 1. The Bertz CT molecular complexity index is 258. The van der Waals surface area contributed by atoms with Crippen molar-refractivity contribution in [2.24, 2.45) is 0 Å². The molecule has 0 heterocycles. The molecule has 0 fully saturated rings. The lowest BCUT2D eigenvalue weighted by Crippen LogP contribution is -2.15. The average molecular weight is 195 g/mol. The normalized spacial score (nSPS) is 9.92. The van der Waals surface area contributed by atoms with E-state index in [0.717, 1.165) is 12.8 Å². The molecule has 0 aliphatic carbocycles. The van der Waals surface area contributed by atoms with Crippen molar-refractivity contribution < 1.29 is 4.79 Å². The van der Waals surface area contributed by atoms with Crippen LogP contribution in [0.5, 0.6) is 0 Å². The van der Waals surface area contributed by atoms with Crippen molar-refractivity contribution in [2.75, 3.05) is 12.8 Å². The van der Waals surface area contributed by atoms with Crippen molar-refractivity contribution in [1.82, 2.24) is 5.32 Å². The quantitative estimate of drug-likeness (QED) is 0.440. The molecular formula is C10H13NOS. The van der Waals surface area contributed by atoms with Crippen molar-refractivity contribution in [2.45, 2.75) is 11.4 Å². The van der Waals surface area contributed by atoms with Crippen LogP contribution in [0.2, 0.25) is 0 Å². The zero-order chi connectivity index (χ0) is 9.52. The number of thioether (sulfide) groups is 1. The molecule has 13 heavy (non-hydrogen) atoms. The first kappa shape index (κ1) is 10.3. The van der Waals surface area contributed by atoms with Gasteiger partial charge in [0.05, 0.1) is 6.54 Å². The van der Waals surface area contributed by atoms with Gasteiger partial charge in [-0.2, -0.15) is 0 Å². The SMILES string of the molecule is CSc1ccc(CNCC=O)cc1. The third kappa shape index (κ3) is 3.61. The summed E-state index contributed by atoms with van der Waals surface area (Å²) in [6.45, 7) is 1.18. The van der Waals surface area contributed by atoms with Crippen LogP contribution in [0.4, 0.5) is 0 Å². The lowest BCUT2D eigenvalue weighted by Gasteiger charge is -2.01. The monoisotopic (exact) mass is 195 g/mol. The molecule has 1 N–H and O–H groups in total. The molecule has 0 saturated carbocycles. The minimum Gasteiger partial charge on any atom is -0.306 e. The third-order valence-corrected chi connectivity index (χ3v) is 2.46. The van der Waals surface area contributed by atoms with Gasteiger partial charge in [0.25, 0.3) is 0 Å². The van der Waals surface area contributed by atoms with Gasteiger partial charge in [0.2, 0.25) is 0 Å². The Hall–Kier alpha value is -0.800. The molecule has 1 aromatic carbocycles. The highest BCUT2D eigenvalue weighted by molar-refractivity contribution is 7.98. The van der Waals surface area contributed by atoms with Crippen LogP contribution in [0.3, 0.4) is 0 Å². The molecule has 0 spiro atoms. The Labute approximate surface area is 82.7 Å². The van der Waals surface area contributed by atoms with Crippen LogP contribution in [0.15, 0.2) is 29.2 Å². The second kappa shape index (κ2) is 5.78. The van der Waals surface area contributed by atoms with E-state index in [2.05, 4.69) is 35.8 Å². The maximum absolute atomic E-state index is 10.0. The van der Waals surface area contributed by atoms with E-state index in [-0.39, 0.29) is 0 Å². The van der Waals surface area contributed by atoms with Gasteiger partial charge >= 0.3 is 0 Å². The maximum Gasteiger partial charge on any atom is 0.133 e. The number of aldehydes is 1. The zero-order valence-corrected chi connectivity index (χ0v) is 8.43. The van der Waals surface area contributed by atoms with E-state index in [1.807, 2.05) is 0 Å². The number of benzene rings is 1. The van der Waals surface area contributed by atoms with Crippen LogP contribution in [-0.4, -0.2) is 19.1 Å². The first-order valence-corrected chi connectivity index (χ1v) is 5.36. The van der Waals surface area contributed by atoms with E-state index in [4.69, 9.17) is 0 Å². The molecule has 70 valence electrons. The first-order valence-electron chi connectivity index (χ1n) is 4.14. The number of rotatable bonds is 5.